The molecule has 1 aromatic heterocycles. The van der Waals surface area contributed by atoms with E-state index in [4.69, 9.17) is 0 Å². The van der Waals surface area contributed by atoms with E-state index in [9.17, 15) is 4.79 Å². The van der Waals surface area contributed by atoms with E-state index in [0.717, 1.165) is 30.0 Å². The molecule has 3 rings (SSSR count). The Kier molecular flexibility index (Phi) is 4.05. The molecule has 0 spiro atoms. The van der Waals surface area contributed by atoms with Crippen LogP contribution in [0.3, 0.4) is 0 Å². The molecule has 1 amide bonds. The summed E-state index contributed by atoms with van der Waals surface area (Å²) in [6.07, 6.45) is 6.96. The van der Waals surface area contributed by atoms with Gasteiger partial charge in [-0.25, -0.2) is 0 Å². The summed E-state index contributed by atoms with van der Waals surface area (Å²) in [5, 5.41) is 7.52. The van der Waals surface area contributed by atoms with Crippen LogP contribution in [0.25, 0.3) is 0 Å². The van der Waals surface area contributed by atoms with Crippen molar-refractivity contribution in [2.24, 2.45) is 24.8 Å². The first-order valence-corrected chi connectivity index (χ1v) is 8.38. The van der Waals surface area contributed by atoms with Crippen molar-refractivity contribution >= 4 is 5.91 Å². The van der Waals surface area contributed by atoms with Crippen molar-refractivity contribution < 1.29 is 4.79 Å². The van der Waals surface area contributed by atoms with Gasteiger partial charge >= 0.3 is 0 Å². The molecule has 2 saturated carbocycles. The number of aromatic nitrogens is 2. The highest BCUT2D eigenvalue weighted by Gasteiger charge is 2.43. The van der Waals surface area contributed by atoms with Crippen molar-refractivity contribution in [1.82, 2.24) is 15.1 Å². The second-order valence-electron chi connectivity index (χ2n) is 7.15. The van der Waals surface area contributed by atoms with Gasteiger partial charge in [0.2, 0.25) is 0 Å². The lowest BCUT2D eigenvalue weighted by molar-refractivity contribution is 0.0941. The zero-order chi connectivity index (χ0) is 15.0. The van der Waals surface area contributed by atoms with Crippen LogP contribution in [-0.4, -0.2) is 22.2 Å². The number of carbonyl (C=O) groups is 1. The van der Waals surface area contributed by atoms with Crippen molar-refractivity contribution in [2.75, 3.05) is 6.54 Å². The lowest BCUT2D eigenvalue weighted by Crippen LogP contribution is -2.28. The van der Waals surface area contributed by atoms with E-state index in [1.165, 1.54) is 32.1 Å². The van der Waals surface area contributed by atoms with Gasteiger partial charge in [-0.2, -0.15) is 5.10 Å². The quantitative estimate of drug-likeness (QED) is 0.905. The standard InChI is InChI=1S/C17H27N3O/c1-11(2)15-9-16(20(3)19-15)17(21)18-10-13-8-14(13)12-6-4-5-7-12/h9,11-14H,4-8,10H2,1-3H3,(H,18,21). The molecular weight excluding hydrogens is 262 g/mol. The minimum absolute atomic E-state index is 0.0222. The highest BCUT2D eigenvalue weighted by molar-refractivity contribution is 5.92. The number of rotatable bonds is 5. The summed E-state index contributed by atoms with van der Waals surface area (Å²) in [7, 11) is 1.85. The number of nitrogens with one attached hydrogen (secondary N) is 1. The topological polar surface area (TPSA) is 46.9 Å². The minimum atomic E-state index is 0.0222. The van der Waals surface area contributed by atoms with Gasteiger partial charge in [-0.15, -0.1) is 0 Å². The summed E-state index contributed by atoms with van der Waals surface area (Å²) in [6.45, 7) is 5.03. The minimum Gasteiger partial charge on any atom is -0.350 e. The molecule has 2 aliphatic rings. The lowest BCUT2D eigenvalue weighted by Gasteiger charge is -2.08. The van der Waals surface area contributed by atoms with Crippen LogP contribution in [0.5, 0.6) is 0 Å². The van der Waals surface area contributed by atoms with Gasteiger partial charge in [0.05, 0.1) is 5.69 Å². The van der Waals surface area contributed by atoms with Crippen LogP contribution in [-0.2, 0) is 7.05 Å². The fraction of sp³-hybridized carbons (Fsp3) is 0.765. The van der Waals surface area contributed by atoms with Gasteiger partial charge in [0.1, 0.15) is 5.69 Å². The van der Waals surface area contributed by atoms with Crippen LogP contribution in [0, 0.1) is 17.8 Å². The van der Waals surface area contributed by atoms with Crippen LogP contribution in [0.1, 0.15) is 68.1 Å². The molecule has 21 heavy (non-hydrogen) atoms. The van der Waals surface area contributed by atoms with E-state index in [0.29, 0.717) is 11.6 Å². The van der Waals surface area contributed by atoms with Crippen molar-refractivity contribution in [3.8, 4) is 0 Å². The predicted octanol–water partition coefficient (Wildman–Crippen LogP) is 3.10. The summed E-state index contributed by atoms with van der Waals surface area (Å²) in [6, 6.07) is 1.92. The number of hydrogen-bond acceptors (Lipinski definition) is 2. The molecule has 2 aliphatic carbocycles. The van der Waals surface area contributed by atoms with Crippen molar-refractivity contribution in [3.63, 3.8) is 0 Å². The van der Waals surface area contributed by atoms with Crippen molar-refractivity contribution in [1.29, 1.82) is 0 Å². The summed E-state index contributed by atoms with van der Waals surface area (Å²) in [4.78, 5) is 12.3. The molecule has 4 nitrogen and oxygen atoms in total. The van der Waals surface area contributed by atoms with Gasteiger partial charge in [0.15, 0.2) is 0 Å². The zero-order valence-electron chi connectivity index (χ0n) is 13.4. The van der Waals surface area contributed by atoms with Crippen LogP contribution < -0.4 is 5.32 Å². The van der Waals surface area contributed by atoms with Crippen LogP contribution >= 0.6 is 0 Å². The van der Waals surface area contributed by atoms with E-state index in [-0.39, 0.29) is 5.91 Å². The van der Waals surface area contributed by atoms with E-state index in [1.807, 2.05) is 13.1 Å². The van der Waals surface area contributed by atoms with Gasteiger partial charge in [-0.1, -0.05) is 39.5 Å². The number of aryl methyl sites for hydroxylation is 1. The smallest absolute Gasteiger partial charge is 0.269 e. The molecule has 4 heteroatoms. The molecular formula is C17H27N3O. The summed E-state index contributed by atoms with van der Waals surface area (Å²) < 4.78 is 1.70. The first-order valence-electron chi connectivity index (χ1n) is 8.38. The van der Waals surface area contributed by atoms with Gasteiger partial charge in [0.25, 0.3) is 5.91 Å². The highest BCUT2D eigenvalue weighted by atomic mass is 16.2. The molecule has 116 valence electrons. The zero-order valence-corrected chi connectivity index (χ0v) is 13.4. The summed E-state index contributed by atoms with van der Waals surface area (Å²) in [5.41, 5.74) is 1.66. The van der Waals surface area contributed by atoms with Gasteiger partial charge < -0.3 is 5.32 Å². The molecule has 2 unspecified atom stereocenters. The fourth-order valence-corrected chi connectivity index (χ4v) is 3.77. The van der Waals surface area contributed by atoms with Gasteiger partial charge in [0, 0.05) is 13.6 Å². The second kappa shape index (κ2) is 5.82. The molecule has 2 atom stereocenters. The Morgan fingerprint density at radius 2 is 2.14 bits per heavy atom. The second-order valence-corrected chi connectivity index (χ2v) is 7.15. The van der Waals surface area contributed by atoms with E-state index >= 15 is 0 Å². The van der Waals surface area contributed by atoms with Crippen LogP contribution in [0.4, 0.5) is 0 Å². The van der Waals surface area contributed by atoms with Gasteiger partial charge in [-0.3, -0.25) is 9.48 Å². The number of carbonyl (C=O) groups excluding carboxylic acids is 1. The Morgan fingerprint density at radius 1 is 1.43 bits per heavy atom. The van der Waals surface area contributed by atoms with E-state index in [2.05, 4.69) is 24.3 Å². The normalized spacial score (nSPS) is 25.5. The third-order valence-corrected chi connectivity index (χ3v) is 5.23. The van der Waals surface area contributed by atoms with Crippen LogP contribution in [0.2, 0.25) is 0 Å². The monoisotopic (exact) mass is 289 g/mol. The Bertz CT molecular complexity index is 514. The van der Waals surface area contributed by atoms with E-state index < -0.39 is 0 Å². The first kappa shape index (κ1) is 14.6. The number of hydrogen-bond donors (Lipinski definition) is 1. The first-order chi connectivity index (χ1) is 10.1. The molecule has 1 heterocycles. The Balaban J connectivity index is 1.51. The lowest BCUT2D eigenvalue weighted by atomic mass is 10.0. The Hall–Kier alpha value is -1.32. The number of amides is 1. The van der Waals surface area contributed by atoms with Crippen molar-refractivity contribution in [3.05, 3.63) is 17.5 Å². The summed E-state index contributed by atoms with van der Waals surface area (Å²) >= 11 is 0. The molecule has 0 saturated heterocycles. The average Bonchev–Trinajstić information content (AvgIpc) is 2.88. The average molecular weight is 289 g/mol. The Labute approximate surface area is 127 Å². The fourth-order valence-electron chi connectivity index (χ4n) is 3.77. The van der Waals surface area contributed by atoms with Gasteiger partial charge in [-0.05, 0) is 36.2 Å². The molecule has 2 fully saturated rings. The maximum absolute atomic E-state index is 12.3. The molecule has 0 aliphatic heterocycles. The molecule has 0 aromatic carbocycles. The molecule has 0 bridgehead atoms. The number of nitrogens with zero attached hydrogens (tertiary/aromatic N) is 2. The third kappa shape index (κ3) is 3.14. The predicted molar refractivity (Wildman–Crippen MR) is 83.2 cm³/mol. The summed E-state index contributed by atoms with van der Waals surface area (Å²) in [5.74, 6) is 2.92. The maximum Gasteiger partial charge on any atom is 0.269 e. The largest absolute Gasteiger partial charge is 0.350 e. The van der Waals surface area contributed by atoms with Crippen LogP contribution in [0.15, 0.2) is 6.07 Å². The Morgan fingerprint density at radius 3 is 2.76 bits per heavy atom. The molecule has 0 radical (unpaired) electrons. The van der Waals surface area contributed by atoms with E-state index in [1.54, 1.807) is 4.68 Å². The maximum atomic E-state index is 12.3. The molecule has 1 N–H and O–H groups in total. The SMILES string of the molecule is CC(C)c1cc(C(=O)NCC2CC2C2CCCC2)n(C)n1. The van der Waals surface area contributed by atoms with Crippen molar-refractivity contribution in [2.45, 2.75) is 51.9 Å². The molecule has 1 aromatic rings. The highest BCUT2D eigenvalue weighted by Crippen LogP contribution is 2.49. The third-order valence-electron chi connectivity index (χ3n) is 5.23.